The third-order valence-corrected chi connectivity index (χ3v) is 1.91. The molecule has 1 amide bonds. The minimum atomic E-state index is -0.130. The molecule has 0 saturated carbocycles. The average Bonchev–Trinajstić information content (AvgIpc) is 2.22. The highest BCUT2D eigenvalue weighted by Crippen LogP contribution is 2.02. The normalized spacial score (nSPS) is 8.57. The Morgan fingerprint density at radius 2 is 1.71 bits per heavy atom. The van der Waals surface area contributed by atoms with Gasteiger partial charge in [0.2, 0.25) is 5.91 Å². The standard InChI is InChI=1S/C8H10.C3H8N2O/c1-7-5-3-4-6-8(7)2;1-2-3(6)5-4/h3-6H,1-2H3;2,4H2,1H3,(H,5,6). The van der Waals surface area contributed by atoms with Gasteiger partial charge in [0.15, 0.2) is 0 Å². The largest absolute Gasteiger partial charge is 0.294 e. The summed E-state index contributed by atoms with van der Waals surface area (Å²) in [6.45, 7) is 5.98. The van der Waals surface area contributed by atoms with Gasteiger partial charge in [-0.2, -0.15) is 0 Å². The van der Waals surface area contributed by atoms with E-state index in [4.69, 9.17) is 0 Å². The summed E-state index contributed by atoms with van der Waals surface area (Å²) in [4.78, 5) is 9.94. The molecule has 0 aliphatic heterocycles. The van der Waals surface area contributed by atoms with Crippen molar-refractivity contribution in [2.75, 3.05) is 0 Å². The summed E-state index contributed by atoms with van der Waals surface area (Å²) in [5.41, 5.74) is 4.71. The SMILES string of the molecule is CCC(=O)NN.Cc1ccccc1C. The molecule has 78 valence electrons. The van der Waals surface area contributed by atoms with Gasteiger partial charge >= 0.3 is 0 Å². The highest BCUT2D eigenvalue weighted by molar-refractivity contribution is 5.74. The van der Waals surface area contributed by atoms with Gasteiger partial charge < -0.3 is 0 Å². The highest BCUT2D eigenvalue weighted by Gasteiger charge is 1.85. The summed E-state index contributed by atoms with van der Waals surface area (Å²) in [6, 6.07) is 8.36. The van der Waals surface area contributed by atoms with Crippen LogP contribution in [0.15, 0.2) is 24.3 Å². The maximum Gasteiger partial charge on any atom is 0.233 e. The molecule has 3 heteroatoms. The summed E-state index contributed by atoms with van der Waals surface area (Å²) in [5.74, 6) is 4.55. The van der Waals surface area contributed by atoms with E-state index in [1.807, 2.05) is 5.43 Å². The molecule has 0 bridgehead atoms. The third kappa shape index (κ3) is 5.32. The Labute approximate surface area is 85.3 Å². The first-order valence-corrected chi connectivity index (χ1v) is 4.63. The van der Waals surface area contributed by atoms with Crippen LogP contribution in [0.4, 0.5) is 0 Å². The molecule has 14 heavy (non-hydrogen) atoms. The van der Waals surface area contributed by atoms with Crippen molar-refractivity contribution in [3.05, 3.63) is 35.4 Å². The van der Waals surface area contributed by atoms with E-state index in [0.29, 0.717) is 6.42 Å². The number of nitrogens with two attached hydrogens (primary N) is 1. The summed E-state index contributed by atoms with van der Waals surface area (Å²) in [6.07, 6.45) is 0.455. The molecule has 3 nitrogen and oxygen atoms in total. The molecule has 0 heterocycles. The summed E-state index contributed by atoms with van der Waals surface area (Å²) < 4.78 is 0. The van der Waals surface area contributed by atoms with E-state index in [2.05, 4.69) is 44.0 Å². The average molecular weight is 194 g/mol. The third-order valence-electron chi connectivity index (χ3n) is 1.91. The molecule has 0 spiro atoms. The predicted molar refractivity (Wildman–Crippen MR) is 58.5 cm³/mol. The molecule has 0 aliphatic carbocycles. The molecular formula is C11H18N2O. The van der Waals surface area contributed by atoms with Gasteiger partial charge in [0, 0.05) is 6.42 Å². The van der Waals surface area contributed by atoms with E-state index in [0.717, 1.165) is 0 Å². The first-order chi connectivity index (χ1) is 6.61. The lowest BCUT2D eigenvalue weighted by Gasteiger charge is -1.93. The van der Waals surface area contributed by atoms with E-state index in [9.17, 15) is 4.79 Å². The monoisotopic (exact) mass is 194 g/mol. The Hall–Kier alpha value is -1.35. The molecule has 1 aromatic rings. The molecular weight excluding hydrogens is 176 g/mol. The van der Waals surface area contributed by atoms with Crippen molar-refractivity contribution < 1.29 is 4.79 Å². The number of rotatable bonds is 1. The lowest BCUT2D eigenvalue weighted by atomic mass is 10.1. The lowest BCUT2D eigenvalue weighted by molar-refractivity contribution is -0.120. The van der Waals surface area contributed by atoms with Crippen LogP contribution in [-0.2, 0) is 4.79 Å². The summed E-state index contributed by atoms with van der Waals surface area (Å²) in [7, 11) is 0. The Morgan fingerprint density at radius 1 is 1.29 bits per heavy atom. The first kappa shape index (κ1) is 12.7. The summed E-state index contributed by atoms with van der Waals surface area (Å²) in [5, 5.41) is 0. The fourth-order valence-corrected chi connectivity index (χ4v) is 0.765. The van der Waals surface area contributed by atoms with E-state index in [1.165, 1.54) is 11.1 Å². The molecule has 1 rings (SSSR count). The van der Waals surface area contributed by atoms with Crippen LogP contribution in [0.3, 0.4) is 0 Å². The molecule has 1 aromatic carbocycles. The van der Waals surface area contributed by atoms with E-state index < -0.39 is 0 Å². The fourth-order valence-electron chi connectivity index (χ4n) is 0.765. The van der Waals surface area contributed by atoms with Gasteiger partial charge in [0.1, 0.15) is 0 Å². The number of hydrogen-bond donors (Lipinski definition) is 2. The van der Waals surface area contributed by atoms with Gasteiger partial charge in [-0.3, -0.25) is 10.2 Å². The molecule has 0 aromatic heterocycles. The Kier molecular flexibility index (Phi) is 6.41. The second-order valence-electron chi connectivity index (χ2n) is 3.01. The fraction of sp³-hybridized carbons (Fsp3) is 0.364. The van der Waals surface area contributed by atoms with Crippen molar-refractivity contribution in [2.45, 2.75) is 27.2 Å². The Bertz CT molecular complexity index is 257. The van der Waals surface area contributed by atoms with Crippen molar-refractivity contribution in [1.29, 1.82) is 0 Å². The van der Waals surface area contributed by atoms with Crippen LogP contribution in [0.2, 0.25) is 0 Å². The van der Waals surface area contributed by atoms with Crippen LogP contribution in [0.25, 0.3) is 0 Å². The van der Waals surface area contributed by atoms with Crippen molar-refractivity contribution >= 4 is 5.91 Å². The van der Waals surface area contributed by atoms with Crippen molar-refractivity contribution in [2.24, 2.45) is 5.84 Å². The van der Waals surface area contributed by atoms with Gasteiger partial charge in [-0.15, -0.1) is 0 Å². The maximum atomic E-state index is 9.94. The molecule has 0 aliphatic rings. The maximum absolute atomic E-state index is 9.94. The van der Waals surface area contributed by atoms with Crippen molar-refractivity contribution in [1.82, 2.24) is 5.43 Å². The predicted octanol–water partition coefficient (Wildman–Crippen LogP) is 1.69. The molecule has 0 unspecified atom stereocenters. The Balaban J connectivity index is 0.000000255. The van der Waals surface area contributed by atoms with Crippen LogP contribution >= 0.6 is 0 Å². The van der Waals surface area contributed by atoms with Crippen LogP contribution < -0.4 is 11.3 Å². The van der Waals surface area contributed by atoms with Crippen molar-refractivity contribution in [3.8, 4) is 0 Å². The molecule has 0 saturated heterocycles. The van der Waals surface area contributed by atoms with E-state index in [-0.39, 0.29) is 5.91 Å². The molecule has 3 N–H and O–H groups in total. The second-order valence-corrected chi connectivity index (χ2v) is 3.01. The highest BCUT2D eigenvalue weighted by atomic mass is 16.2. The van der Waals surface area contributed by atoms with Crippen molar-refractivity contribution in [3.63, 3.8) is 0 Å². The molecule has 0 radical (unpaired) electrons. The van der Waals surface area contributed by atoms with Crippen LogP contribution in [-0.4, -0.2) is 5.91 Å². The number of aryl methyl sites for hydroxylation is 2. The van der Waals surface area contributed by atoms with Crippen LogP contribution in [0, 0.1) is 13.8 Å². The zero-order chi connectivity index (χ0) is 11.0. The lowest BCUT2D eigenvalue weighted by Crippen LogP contribution is -2.28. The van der Waals surface area contributed by atoms with Crippen LogP contribution in [0.5, 0.6) is 0 Å². The second kappa shape index (κ2) is 7.09. The van der Waals surface area contributed by atoms with Gasteiger partial charge in [0.25, 0.3) is 0 Å². The number of carbonyl (C=O) groups is 1. The molecule has 0 atom stereocenters. The van der Waals surface area contributed by atoms with Crippen LogP contribution in [0.1, 0.15) is 24.5 Å². The minimum absolute atomic E-state index is 0.130. The number of hydrazine groups is 1. The number of amides is 1. The minimum Gasteiger partial charge on any atom is -0.294 e. The zero-order valence-corrected chi connectivity index (χ0v) is 9.00. The van der Waals surface area contributed by atoms with Gasteiger partial charge in [0.05, 0.1) is 0 Å². The number of benzene rings is 1. The first-order valence-electron chi connectivity index (χ1n) is 4.63. The quantitative estimate of drug-likeness (QED) is 0.406. The zero-order valence-electron chi connectivity index (χ0n) is 9.00. The van der Waals surface area contributed by atoms with E-state index >= 15 is 0 Å². The van der Waals surface area contributed by atoms with Gasteiger partial charge in [-0.1, -0.05) is 31.2 Å². The number of nitrogens with one attached hydrogen (secondary N) is 1. The Morgan fingerprint density at radius 3 is 1.86 bits per heavy atom. The van der Waals surface area contributed by atoms with Gasteiger partial charge in [-0.05, 0) is 25.0 Å². The van der Waals surface area contributed by atoms with E-state index in [1.54, 1.807) is 6.92 Å². The number of hydrogen-bond acceptors (Lipinski definition) is 2. The topological polar surface area (TPSA) is 55.1 Å². The smallest absolute Gasteiger partial charge is 0.233 e. The van der Waals surface area contributed by atoms with Gasteiger partial charge in [-0.25, -0.2) is 5.84 Å². The molecule has 0 fully saturated rings. The number of carbonyl (C=O) groups excluding carboxylic acids is 1. The summed E-state index contributed by atoms with van der Waals surface area (Å²) >= 11 is 0.